The van der Waals surface area contributed by atoms with Crippen molar-refractivity contribution in [2.24, 2.45) is 0 Å². The number of fused-ring (bicyclic) bond motifs is 6. The summed E-state index contributed by atoms with van der Waals surface area (Å²) in [6, 6.07) is 14.1. The van der Waals surface area contributed by atoms with Crippen molar-refractivity contribution in [1.82, 2.24) is 0 Å². The molecule has 8 heteroatoms. The maximum atomic E-state index is 12.9. The van der Waals surface area contributed by atoms with E-state index >= 15 is 0 Å². The number of ether oxygens (including phenoxy) is 2. The third-order valence-corrected chi connectivity index (χ3v) is 5.49. The van der Waals surface area contributed by atoms with E-state index in [9.17, 15) is 19.8 Å². The lowest BCUT2D eigenvalue weighted by Crippen LogP contribution is -2.32. The first-order chi connectivity index (χ1) is 14.4. The Morgan fingerprint density at radius 1 is 0.933 bits per heavy atom. The van der Waals surface area contributed by atoms with E-state index in [0.29, 0.717) is 39.4 Å². The number of benzene rings is 3. The molecule has 1 amide bonds. The molecule has 2 heterocycles. The maximum Gasteiger partial charge on any atom is 0.340 e. The van der Waals surface area contributed by atoms with Gasteiger partial charge in [0.05, 0.1) is 11.3 Å². The summed E-state index contributed by atoms with van der Waals surface area (Å²) < 4.78 is 11.9. The van der Waals surface area contributed by atoms with Crippen molar-refractivity contribution < 1.29 is 29.3 Å². The van der Waals surface area contributed by atoms with Crippen LogP contribution >= 0.6 is 12.6 Å². The fourth-order valence-corrected chi connectivity index (χ4v) is 4.06. The molecule has 0 aliphatic carbocycles. The van der Waals surface area contributed by atoms with E-state index in [1.165, 1.54) is 24.3 Å². The number of phenolic OH excluding ortho intramolecular Hbond substituents is 2. The van der Waals surface area contributed by atoms with Crippen LogP contribution in [0.2, 0.25) is 0 Å². The molecule has 0 radical (unpaired) electrons. The first-order valence-electron chi connectivity index (χ1n) is 9.06. The lowest BCUT2D eigenvalue weighted by molar-refractivity contribution is -0.113. The summed E-state index contributed by atoms with van der Waals surface area (Å²) >= 11 is 3.94. The largest absolute Gasteiger partial charge is 0.508 e. The number of esters is 1. The van der Waals surface area contributed by atoms with Crippen LogP contribution in [-0.4, -0.2) is 27.8 Å². The van der Waals surface area contributed by atoms with Gasteiger partial charge in [-0.15, -0.1) is 0 Å². The minimum absolute atomic E-state index is 0.0105. The highest BCUT2D eigenvalue weighted by atomic mass is 32.1. The Bertz CT molecular complexity index is 1190. The zero-order chi connectivity index (χ0) is 21.0. The molecule has 3 aromatic rings. The molecular weight excluding hydrogens is 406 g/mol. The Balaban J connectivity index is 1.76. The van der Waals surface area contributed by atoms with E-state index in [1.54, 1.807) is 30.3 Å². The van der Waals surface area contributed by atoms with Crippen LogP contribution in [0.4, 0.5) is 5.69 Å². The number of phenols is 2. The van der Waals surface area contributed by atoms with Crippen LogP contribution in [0.25, 0.3) is 0 Å². The van der Waals surface area contributed by atoms with Crippen molar-refractivity contribution in [3.63, 3.8) is 0 Å². The molecule has 7 nitrogen and oxygen atoms in total. The normalized spacial score (nSPS) is 14.9. The van der Waals surface area contributed by atoms with E-state index in [4.69, 9.17) is 9.47 Å². The summed E-state index contributed by atoms with van der Waals surface area (Å²) in [4.78, 5) is 24.6. The first kappa shape index (κ1) is 18.4. The molecule has 0 bridgehead atoms. The van der Waals surface area contributed by atoms with E-state index < -0.39 is 11.6 Å². The smallest absolute Gasteiger partial charge is 0.340 e. The number of hydrogen-bond donors (Lipinski definition) is 4. The predicted molar refractivity (Wildman–Crippen MR) is 111 cm³/mol. The SMILES string of the molecule is O=C(CS)Nc1ccc2c(c1)C(=O)OC21c2ccc(O)cc2Oc2cc(O)ccc21. The van der Waals surface area contributed by atoms with E-state index in [1.807, 2.05) is 0 Å². The summed E-state index contributed by atoms with van der Waals surface area (Å²) in [5.41, 5.74) is 1.08. The monoisotopic (exact) mass is 421 g/mol. The van der Waals surface area contributed by atoms with Gasteiger partial charge in [-0.3, -0.25) is 4.79 Å². The van der Waals surface area contributed by atoms with Gasteiger partial charge in [-0.2, -0.15) is 12.6 Å². The summed E-state index contributed by atoms with van der Waals surface area (Å²) in [5, 5.41) is 22.5. The van der Waals surface area contributed by atoms with Crippen LogP contribution in [0.5, 0.6) is 23.0 Å². The summed E-state index contributed by atoms with van der Waals surface area (Å²) in [6.07, 6.45) is 0. The molecule has 0 fully saturated rings. The average Bonchev–Trinajstić information content (AvgIpc) is 3.00. The number of aromatic hydroxyl groups is 2. The number of amides is 1. The lowest BCUT2D eigenvalue weighted by Gasteiger charge is -2.36. The van der Waals surface area contributed by atoms with Crippen LogP contribution in [-0.2, 0) is 15.1 Å². The second kappa shape index (κ2) is 6.43. The van der Waals surface area contributed by atoms with Crippen LogP contribution < -0.4 is 10.1 Å². The van der Waals surface area contributed by atoms with Gasteiger partial charge in [0.2, 0.25) is 5.91 Å². The number of hydrogen-bond acceptors (Lipinski definition) is 7. The Labute approximate surface area is 176 Å². The standard InChI is InChI=1S/C22H15NO6S/c24-12-2-5-16-18(8-12)28-19-9-13(25)3-6-17(19)22(16)15-4-1-11(23-20(26)10-30)7-14(15)21(27)29-22/h1-9,24-25,30H,10H2,(H,23,26). The van der Waals surface area contributed by atoms with Crippen molar-refractivity contribution in [3.05, 3.63) is 76.9 Å². The number of carbonyl (C=O) groups is 2. The third kappa shape index (κ3) is 2.54. The van der Waals surface area contributed by atoms with Crippen molar-refractivity contribution in [2.75, 3.05) is 11.1 Å². The van der Waals surface area contributed by atoms with Crippen LogP contribution in [0.3, 0.4) is 0 Å². The third-order valence-electron chi connectivity index (χ3n) is 5.20. The molecule has 150 valence electrons. The Morgan fingerprint density at radius 2 is 1.53 bits per heavy atom. The summed E-state index contributed by atoms with van der Waals surface area (Å²) in [7, 11) is 0. The molecule has 30 heavy (non-hydrogen) atoms. The number of rotatable bonds is 2. The molecule has 0 saturated carbocycles. The summed E-state index contributed by atoms with van der Waals surface area (Å²) in [6.45, 7) is 0. The summed E-state index contributed by atoms with van der Waals surface area (Å²) in [5.74, 6) is -0.263. The molecule has 2 aliphatic rings. The van der Waals surface area contributed by atoms with Crippen molar-refractivity contribution >= 4 is 30.2 Å². The van der Waals surface area contributed by atoms with Gasteiger partial charge in [-0.05, 0) is 36.4 Å². The molecule has 3 aromatic carbocycles. The maximum absolute atomic E-state index is 12.9. The highest BCUT2D eigenvalue weighted by Crippen LogP contribution is 2.57. The zero-order valence-corrected chi connectivity index (χ0v) is 16.3. The molecule has 1 spiro atoms. The molecule has 0 unspecified atom stereocenters. The zero-order valence-electron chi connectivity index (χ0n) is 15.4. The Hall–Kier alpha value is -3.65. The van der Waals surface area contributed by atoms with Gasteiger partial charge >= 0.3 is 5.97 Å². The highest BCUT2D eigenvalue weighted by Gasteiger charge is 2.53. The molecule has 3 N–H and O–H groups in total. The van der Waals surface area contributed by atoms with Crippen molar-refractivity contribution in [3.8, 4) is 23.0 Å². The minimum atomic E-state index is -1.32. The number of thiol groups is 1. The lowest BCUT2D eigenvalue weighted by atomic mass is 9.77. The second-order valence-electron chi connectivity index (χ2n) is 7.00. The second-order valence-corrected chi connectivity index (χ2v) is 7.32. The van der Waals surface area contributed by atoms with E-state index in [-0.39, 0.29) is 23.2 Å². The minimum Gasteiger partial charge on any atom is -0.508 e. The topological polar surface area (TPSA) is 105 Å². The van der Waals surface area contributed by atoms with Gasteiger partial charge in [0.15, 0.2) is 5.60 Å². The van der Waals surface area contributed by atoms with Crippen molar-refractivity contribution in [1.29, 1.82) is 0 Å². The Morgan fingerprint density at radius 3 is 2.13 bits per heavy atom. The number of carbonyl (C=O) groups excluding carboxylic acids is 2. The number of anilines is 1. The Kier molecular flexibility index (Phi) is 3.94. The first-order valence-corrected chi connectivity index (χ1v) is 9.69. The number of nitrogens with one attached hydrogen (secondary N) is 1. The molecule has 5 rings (SSSR count). The van der Waals surface area contributed by atoms with Crippen molar-refractivity contribution in [2.45, 2.75) is 5.60 Å². The van der Waals surface area contributed by atoms with Gasteiger partial charge in [0.1, 0.15) is 23.0 Å². The van der Waals surface area contributed by atoms with Gasteiger partial charge in [-0.25, -0.2) is 4.79 Å². The van der Waals surface area contributed by atoms with E-state index in [0.717, 1.165) is 0 Å². The van der Waals surface area contributed by atoms with Gasteiger partial charge in [-0.1, -0.05) is 6.07 Å². The molecule has 0 saturated heterocycles. The fourth-order valence-electron chi connectivity index (χ4n) is 3.98. The van der Waals surface area contributed by atoms with Crippen LogP contribution in [0.15, 0.2) is 54.6 Å². The van der Waals surface area contributed by atoms with Gasteiger partial charge in [0, 0.05) is 34.5 Å². The predicted octanol–water partition coefficient (Wildman–Crippen LogP) is 3.53. The highest BCUT2D eigenvalue weighted by molar-refractivity contribution is 7.81. The molecular formula is C22H15NO6S. The van der Waals surface area contributed by atoms with Crippen LogP contribution in [0.1, 0.15) is 27.0 Å². The average molecular weight is 421 g/mol. The van der Waals surface area contributed by atoms with E-state index in [2.05, 4.69) is 17.9 Å². The molecule has 0 atom stereocenters. The molecule has 2 aliphatic heterocycles. The van der Waals surface area contributed by atoms with Gasteiger partial charge < -0.3 is 25.0 Å². The quantitative estimate of drug-likeness (QED) is 0.373. The van der Waals surface area contributed by atoms with Crippen LogP contribution in [0, 0.1) is 0 Å². The molecule has 0 aromatic heterocycles. The van der Waals surface area contributed by atoms with Gasteiger partial charge in [0.25, 0.3) is 0 Å². The fraction of sp³-hybridized carbons (Fsp3) is 0.0909.